The van der Waals surface area contributed by atoms with Gasteiger partial charge in [0.25, 0.3) is 0 Å². The molecule has 2 aromatic carbocycles. The molecule has 2 aromatic rings. The molecule has 1 amide bonds. The van der Waals surface area contributed by atoms with Gasteiger partial charge in [-0.25, -0.2) is 4.79 Å². The monoisotopic (exact) mass is 435 g/mol. The minimum Gasteiger partial charge on any atom is -0.478 e. The molecule has 116 valence electrons. The number of carboxylic acid groups (broad SMARTS) is 1. The number of carbonyl (C=O) groups excluding carboxylic acids is 1. The topological polar surface area (TPSA) is 66.4 Å². The van der Waals surface area contributed by atoms with E-state index in [1.54, 1.807) is 0 Å². The van der Waals surface area contributed by atoms with Crippen molar-refractivity contribution >= 4 is 49.4 Å². The molecule has 0 unspecified atom stereocenters. The van der Waals surface area contributed by atoms with Crippen LogP contribution in [0.25, 0.3) is 11.1 Å². The van der Waals surface area contributed by atoms with Gasteiger partial charge in [0, 0.05) is 16.6 Å². The lowest BCUT2D eigenvalue weighted by Crippen LogP contribution is -2.09. The van der Waals surface area contributed by atoms with Gasteiger partial charge in [0.1, 0.15) is 0 Å². The van der Waals surface area contributed by atoms with Crippen molar-refractivity contribution in [3.05, 3.63) is 64.1 Å². The van der Waals surface area contributed by atoms with Crippen LogP contribution in [0.1, 0.15) is 16.0 Å². The number of fused-ring (bicyclic) bond motifs is 3. The second-order valence-corrected chi connectivity index (χ2v) is 6.80. The summed E-state index contributed by atoms with van der Waals surface area (Å²) in [5.74, 6) is -1.65. The smallest absolute Gasteiger partial charge is 0.328 e. The number of halogens is 2. The quantitative estimate of drug-likeness (QED) is 0.550. The van der Waals surface area contributed by atoms with Gasteiger partial charge in [0.15, 0.2) is 0 Å². The third kappa shape index (κ3) is 3.09. The van der Waals surface area contributed by atoms with Crippen LogP contribution in [0.3, 0.4) is 0 Å². The summed E-state index contributed by atoms with van der Waals surface area (Å²) < 4.78 is 0.740. The van der Waals surface area contributed by atoms with Gasteiger partial charge in [-0.3, -0.25) is 4.79 Å². The molecule has 0 heterocycles. The summed E-state index contributed by atoms with van der Waals surface area (Å²) in [5.41, 5.74) is 5.11. The molecule has 1 atom stereocenters. The largest absolute Gasteiger partial charge is 0.478 e. The molecule has 4 nitrogen and oxygen atoms in total. The van der Waals surface area contributed by atoms with Crippen molar-refractivity contribution in [3.8, 4) is 11.1 Å². The van der Waals surface area contributed by atoms with Crippen LogP contribution >= 0.6 is 31.9 Å². The van der Waals surface area contributed by atoms with E-state index in [-0.39, 0.29) is 4.83 Å². The van der Waals surface area contributed by atoms with Gasteiger partial charge in [0.2, 0.25) is 5.91 Å². The predicted molar refractivity (Wildman–Crippen MR) is 95.8 cm³/mol. The molecule has 0 spiro atoms. The van der Waals surface area contributed by atoms with Crippen molar-refractivity contribution in [2.24, 2.45) is 0 Å². The summed E-state index contributed by atoms with van der Waals surface area (Å²) in [7, 11) is 0. The van der Waals surface area contributed by atoms with Crippen molar-refractivity contribution in [2.45, 2.75) is 4.83 Å². The first-order valence-electron chi connectivity index (χ1n) is 6.76. The normalized spacial score (nSPS) is 15.3. The molecule has 0 saturated carbocycles. The zero-order valence-corrected chi connectivity index (χ0v) is 14.9. The van der Waals surface area contributed by atoms with Crippen LogP contribution in [0, 0.1) is 0 Å². The van der Waals surface area contributed by atoms with Crippen molar-refractivity contribution in [2.75, 3.05) is 5.32 Å². The molecular formula is C17H11Br2NO3. The van der Waals surface area contributed by atoms with Crippen molar-refractivity contribution in [1.29, 1.82) is 0 Å². The Bertz CT molecular complexity index is 846. The number of nitrogens with one attached hydrogen (secondary N) is 1. The third-order valence-electron chi connectivity index (χ3n) is 3.57. The fraction of sp³-hybridized carbons (Fsp3) is 0.0588. The molecule has 3 rings (SSSR count). The van der Waals surface area contributed by atoms with Gasteiger partial charge >= 0.3 is 5.97 Å². The Kier molecular flexibility index (Phi) is 4.37. The molecular weight excluding hydrogens is 426 g/mol. The predicted octanol–water partition coefficient (Wildman–Crippen LogP) is 4.49. The first kappa shape index (κ1) is 16.0. The number of hydrogen-bond acceptors (Lipinski definition) is 2. The standard InChI is InChI=1S/C17H11Br2NO3/c18-13-7-11-9-3-1-2-4-10(9)17(19)12(11)8-14(13)20-15(21)5-6-16(22)23/h1-8,17H,(H,20,21)(H,22,23)/b6-5-/t17-/m1/s1. The summed E-state index contributed by atoms with van der Waals surface area (Å²) in [5, 5.41) is 11.2. The summed E-state index contributed by atoms with van der Waals surface area (Å²) in [6, 6.07) is 12.0. The highest BCUT2D eigenvalue weighted by Crippen LogP contribution is 2.50. The van der Waals surface area contributed by atoms with Crippen LogP contribution in [0.15, 0.2) is 53.0 Å². The second-order valence-electron chi connectivity index (χ2n) is 5.03. The highest BCUT2D eigenvalue weighted by atomic mass is 79.9. The van der Waals surface area contributed by atoms with E-state index in [0.29, 0.717) is 5.69 Å². The number of hydrogen-bond donors (Lipinski definition) is 2. The van der Waals surface area contributed by atoms with Gasteiger partial charge in [-0.1, -0.05) is 40.2 Å². The Morgan fingerprint density at radius 2 is 1.83 bits per heavy atom. The van der Waals surface area contributed by atoms with Crippen molar-refractivity contribution < 1.29 is 14.7 Å². The summed E-state index contributed by atoms with van der Waals surface area (Å²) in [4.78, 5) is 22.3. The molecule has 1 aliphatic rings. The van der Waals surface area contributed by atoms with E-state index in [2.05, 4.69) is 49.3 Å². The third-order valence-corrected chi connectivity index (χ3v) is 5.21. The molecule has 1 aliphatic carbocycles. The lowest BCUT2D eigenvalue weighted by molar-refractivity contribution is -0.131. The second kappa shape index (κ2) is 6.29. The Morgan fingerprint density at radius 3 is 2.57 bits per heavy atom. The molecule has 0 radical (unpaired) electrons. The minimum atomic E-state index is -1.16. The van der Waals surface area contributed by atoms with Gasteiger partial charge < -0.3 is 10.4 Å². The molecule has 0 fully saturated rings. The number of benzene rings is 2. The number of carboxylic acids is 1. The highest BCUT2D eigenvalue weighted by molar-refractivity contribution is 9.10. The fourth-order valence-corrected chi connectivity index (χ4v) is 3.80. The SMILES string of the molecule is O=C(O)/C=C\C(=O)Nc1cc2c(cc1Br)-c1ccccc1[C@H]2Br. The number of carbonyl (C=O) groups is 2. The summed E-state index contributed by atoms with van der Waals surface area (Å²) in [6.07, 6.45) is 1.79. The van der Waals surface area contributed by atoms with E-state index in [9.17, 15) is 9.59 Å². The average Bonchev–Trinajstić information content (AvgIpc) is 2.79. The van der Waals surface area contributed by atoms with E-state index in [1.165, 1.54) is 5.56 Å². The molecule has 0 saturated heterocycles. The van der Waals surface area contributed by atoms with Crippen LogP contribution in [0.2, 0.25) is 0 Å². The van der Waals surface area contributed by atoms with Crippen molar-refractivity contribution in [3.63, 3.8) is 0 Å². The van der Waals surface area contributed by atoms with E-state index in [4.69, 9.17) is 5.11 Å². The molecule has 0 aromatic heterocycles. The number of anilines is 1. The van der Waals surface area contributed by atoms with E-state index in [0.717, 1.165) is 33.3 Å². The maximum Gasteiger partial charge on any atom is 0.328 e. The van der Waals surface area contributed by atoms with Gasteiger partial charge in [0.05, 0.1) is 10.5 Å². The first-order valence-corrected chi connectivity index (χ1v) is 8.47. The lowest BCUT2D eigenvalue weighted by Gasteiger charge is -2.10. The molecule has 23 heavy (non-hydrogen) atoms. The maximum atomic E-state index is 11.8. The number of alkyl halides is 1. The van der Waals surface area contributed by atoms with E-state index >= 15 is 0 Å². The molecule has 2 N–H and O–H groups in total. The molecule has 6 heteroatoms. The maximum absolute atomic E-state index is 11.8. The van der Waals surface area contributed by atoms with Crippen LogP contribution in [0.4, 0.5) is 5.69 Å². The minimum absolute atomic E-state index is 0.0620. The number of aliphatic carboxylic acids is 1. The van der Waals surface area contributed by atoms with Crippen molar-refractivity contribution in [1.82, 2.24) is 0 Å². The Labute approximate surface area is 149 Å². The van der Waals surface area contributed by atoms with Gasteiger partial charge in [-0.05, 0) is 50.3 Å². The van der Waals surface area contributed by atoms with Crippen LogP contribution < -0.4 is 5.32 Å². The van der Waals surface area contributed by atoms with Crippen LogP contribution in [-0.2, 0) is 9.59 Å². The zero-order valence-electron chi connectivity index (χ0n) is 11.7. The average molecular weight is 437 g/mol. The van der Waals surface area contributed by atoms with E-state index < -0.39 is 11.9 Å². The first-order chi connectivity index (χ1) is 11.0. The number of amides is 1. The lowest BCUT2D eigenvalue weighted by atomic mass is 10.1. The van der Waals surface area contributed by atoms with Gasteiger partial charge in [-0.2, -0.15) is 0 Å². The molecule has 0 bridgehead atoms. The summed E-state index contributed by atoms with van der Waals surface area (Å²) >= 11 is 7.15. The fourth-order valence-electron chi connectivity index (χ4n) is 2.58. The van der Waals surface area contributed by atoms with Crippen LogP contribution in [-0.4, -0.2) is 17.0 Å². The Hall–Kier alpha value is -1.92. The van der Waals surface area contributed by atoms with Crippen LogP contribution in [0.5, 0.6) is 0 Å². The Morgan fingerprint density at radius 1 is 1.09 bits per heavy atom. The molecule has 0 aliphatic heterocycles. The summed E-state index contributed by atoms with van der Waals surface area (Å²) in [6.45, 7) is 0. The Balaban J connectivity index is 1.95. The zero-order chi connectivity index (χ0) is 16.6. The van der Waals surface area contributed by atoms with E-state index in [1.807, 2.05) is 24.3 Å². The van der Waals surface area contributed by atoms with Gasteiger partial charge in [-0.15, -0.1) is 0 Å². The highest BCUT2D eigenvalue weighted by Gasteiger charge is 2.27. The number of rotatable bonds is 3.